The molecule has 0 fully saturated rings. The molecule has 0 bridgehead atoms. The van der Waals surface area contributed by atoms with Gasteiger partial charge in [-0.3, -0.25) is 9.59 Å². The van der Waals surface area contributed by atoms with Crippen LogP contribution in [-0.4, -0.2) is 33.2 Å². The molecule has 0 aromatic rings. The maximum Gasteiger partial charge on any atom is 0.329 e. The first-order chi connectivity index (χ1) is 6.28. The number of alkyl halides is 1. The van der Waals surface area contributed by atoms with Crippen LogP contribution in [0.1, 0.15) is 6.42 Å². The first-order valence-electron chi connectivity index (χ1n) is 3.21. The smallest absolute Gasteiger partial charge is 0.329 e. The van der Waals surface area contributed by atoms with Gasteiger partial charge in [0.1, 0.15) is 6.61 Å². The molecule has 14 heavy (non-hydrogen) atoms. The number of carboxylic acid groups (broad SMARTS) is 1. The molecule has 8 heteroatoms. The van der Waals surface area contributed by atoms with Crippen LogP contribution in [0.3, 0.4) is 0 Å². The van der Waals surface area contributed by atoms with Crippen molar-refractivity contribution in [3.05, 3.63) is 0 Å². The summed E-state index contributed by atoms with van der Waals surface area (Å²) in [4.78, 5) is 31.3. The summed E-state index contributed by atoms with van der Waals surface area (Å²) in [5.74, 6) is -1.35. The topological polar surface area (TPSA) is 80.7 Å². The quantitative estimate of drug-likeness (QED) is 0.570. The summed E-state index contributed by atoms with van der Waals surface area (Å²) < 4.78 is 4.44. The van der Waals surface area contributed by atoms with Gasteiger partial charge in [-0.05, 0) is 23.2 Å². The number of hydrogen-bond donors (Lipinski definition) is 1. The summed E-state index contributed by atoms with van der Waals surface area (Å²) >= 11 is 15.4. The van der Waals surface area contributed by atoms with Crippen molar-refractivity contribution >= 4 is 51.3 Å². The number of ether oxygens (including phenoxy) is 1. The van der Waals surface area contributed by atoms with Crippen molar-refractivity contribution in [3.63, 3.8) is 0 Å². The van der Waals surface area contributed by atoms with Gasteiger partial charge < -0.3 is 9.84 Å². The van der Waals surface area contributed by atoms with E-state index >= 15 is 0 Å². The third-order valence-corrected chi connectivity index (χ3v) is 2.03. The Bertz CT molecular complexity index is 266. The van der Waals surface area contributed by atoms with E-state index in [1.165, 1.54) is 0 Å². The Hall–Kier alpha value is -0.360. The van der Waals surface area contributed by atoms with Crippen molar-refractivity contribution in [2.24, 2.45) is 0 Å². The van der Waals surface area contributed by atoms with Crippen LogP contribution in [0.25, 0.3) is 0 Å². The van der Waals surface area contributed by atoms with E-state index in [-0.39, 0.29) is 0 Å². The van der Waals surface area contributed by atoms with E-state index in [1.54, 1.807) is 0 Å². The summed E-state index contributed by atoms with van der Waals surface area (Å²) in [5, 5.41) is 3.87. The zero-order chi connectivity index (χ0) is 11.4. The molecule has 0 rings (SSSR count). The Balaban J connectivity index is 4.47. The molecular weight excluding hydrogens is 258 g/mol. The molecule has 80 valence electrons. The molecule has 1 atom stereocenters. The van der Waals surface area contributed by atoms with Crippen molar-refractivity contribution in [2.45, 2.75) is 11.5 Å². The number of carbonyl (C=O) groups is 3. The maximum absolute atomic E-state index is 10.7. The van der Waals surface area contributed by atoms with Gasteiger partial charge in [0.2, 0.25) is 10.3 Å². The lowest BCUT2D eigenvalue weighted by Gasteiger charge is -2.19. The summed E-state index contributed by atoms with van der Waals surface area (Å²) in [6.45, 7) is -0.855. The minimum Gasteiger partial charge on any atom is -0.480 e. The fourth-order valence-electron chi connectivity index (χ4n) is 0.532. The van der Waals surface area contributed by atoms with Crippen molar-refractivity contribution in [2.75, 3.05) is 6.61 Å². The number of rotatable bonds is 6. The van der Waals surface area contributed by atoms with Crippen LogP contribution in [0.15, 0.2) is 0 Å². The average molecular weight is 263 g/mol. The standard InChI is InChI=1S/C6H5Cl3O5/c7-3(10)1-6(9,5(8)13)14-2-4(11)12/h1-2H2,(H,11,12). The highest BCUT2D eigenvalue weighted by Gasteiger charge is 2.38. The third kappa shape index (κ3) is 4.76. The van der Waals surface area contributed by atoms with Gasteiger partial charge in [-0.2, -0.15) is 0 Å². The molecule has 0 aliphatic carbocycles. The van der Waals surface area contributed by atoms with Gasteiger partial charge >= 0.3 is 5.97 Å². The third-order valence-electron chi connectivity index (χ3n) is 1.08. The lowest BCUT2D eigenvalue weighted by Crippen LogP contribution is -2.36. The van der Waals surface area contributed by atoms with E-state index in [1.807, 2.05) is 0 Å². The van der Waals surface area contributed by atoms with E-state index in [0.717, 1.165) is 0 Å². The van der Waals surface area contributed by atoms with Gasteiger partial charge in [0.05, 0.1) is 6.42 Å². The minimum absolute atomic E-state index is 0.703. The van der Waals surface area contributed by atoms with Crippen LogP contribution in [0.4, 0.5) is 0 Å². The van der Waals surface area contributed by atoms with Crippen molar-refractivity contribution < 1.29 is 24.2 Å². The first kappa shape index (κ1) is 13.6. The Morgan fingerprint density at radius 2 is 1.79 bits per heavy atom. The second-order valence-corrected chi connectivity index (χ2v) is 3.59. The van der Waals surface area contributed by atoms with Gasteiger partial charge in [-0.1, -0.05) is 11.6 Å². The largest absolute Gasteiger partial charge is 0.480 e. The molecule has 0 saturated carbocycles. The Morgan fingerprint density at radius 3 is 2.07 bits per heavy atom. The molecule has 0 aliphatic heterocycles. The van der Waals surface area contributed by atoms with Crippen molar-refractivity contribution in [3.8, 4) is 0 Å². The lowest BCUT2D eigenvalue weighted by molar-refractivity contribution is -0.149. The second-order valence-electron chi connectivity index (χ2n) is 2.22. The number of carbonyl (C=O) groups excluding carboxylic acids is 2. The van der Waals surface area contributed by atoms with Crippen LogP contribution in [0.5, 0.6) is 0 Å². The van der Waals surface area contributed by atoms with Gasteiger partial charge in [-0.15, -0.1) is 0 Å². The van der Waals surface area contributed by atoms with Crippen molar-refractivity contribution in [1.29, 1.82) is 0 Å². The Kier molecular flexibility index (Phi) is 5.36. The normalized spacial score (nSPS) is 14.5. The van der Waals surface area contributed by atoms with Gasteiger partial charge in [0, 0.05) is 0 Å². The zero-order valence-corrected chi connectivity index (χ0v) is 8.90. The molecule has 0 aromatic carbocycles. The van der Waals surface area contributed by atoms with Crippen LogP contribution >= 0.6 is 34.8 Å². The van der Waals surface area contributed by atoms with E-state index in [2.05, 4.69) is 4.74 Å². The Labute approximate surface area is 93.9 Å². The average Bonchev–Trinajstić information content (AvgIpc) is 1.99. The molecule has 0 amide bonds. The molecule has 1 unspecified atom stereocenters. The lowest BCUT2D eigenvalue weighted by atomic mass is 10.3. The van der Waals surface area contributed by atoms with Gasteiger partial charge in [0.25, 0.3) is 5.24 Å². The molecule has 0 spiro atoms. The highest BCUT2D eigenvalue weighted by molar-refractivity contribution is 6.72. The second kappa shape index (κ2) is 5.50. The molecule has 5 nitrogen and oxygen atoms in total. The highest BCUT2D eigenvalue weighted by atomic mass is 35.5. The molecule has 1 N–H and O–H groups in total. The van der Waals surface area contributed by atoms with Gasteiger partial charge in [-0.25, -0.2) is 4.79 Å². The van der Waals surface area contributed by atoms with Gasteiger partial charge in [0.15, 0.2) is 0 Å². The molecule has 0 heterocycles. The summed E-state index contributed by atoms with van der Waals surface area (Å²) in [7, 11) is 0. The molecule has 0 aliphatic rings. The molecule has 0 radical (unpaired) electrons. The van der Waals surface area contributed by atoms with E-state index in [4.69, 9.17) is 39.9 Å². The SMILES string of the molecule is O=C(O)COC(Cl)(CC(=O)Cl)C(=O)Cl. The molecule has 0 aromatic heterocycles. The minimum atomic E-state index is -2.21. The van der Waals surface area contributed by atoms with Crippen LogP contribution < -0.4 is 0 Å². The van der Waals surface area contributed by atoms with Crippen LogP contribution in [0, 0.1) is 0 Å². The fourth-order valence-corrected chi connectivity index (χ4v) is 1.09. The van der Waals surface area contributed by atoms with E-state index in [0.29, 0.717) is 0 Å². The summed E-state index contributed by atoms with van der Waals surface area (Å²) in [6, 6.07) is 0. The van der Waals surface area contributed by atoms with Crippen molar-refractivity contribution in [1.82, 2.24) is 0 Å². The molecular formula is C6H5Cl3O5. The van der Waals surface area contributed by atoms with E-state index in [9.17, 15) is 14.4 Å². The predicted octanol–water partition coefficient (Wildman–Crippen LogP) is 0.944. The number of hydrogen-bond acceptors (Lipinski definition) is 4. The fraction of sp³-hybridized carbons (Fsp3) is 0.500. The van der Waals surface area contributed by atoms with Crippen LogP contribution in [0.2, 0.25) is 0 Å². The number of carboxylic acids is 1. The number of aliphatic carboxylic acids is 1. The maximum atomic E-state index is 10.7. The van der Waals surface area contributed by atoms with Crippen LogP contribution in [-0.2, 0) is 19.1 Å². The van der Waals surface area contributed by atoms with E-state index < -0.39 is 34.5 Å². The first-order valence-corrected chi connectivity index (χ1v) is 4.34. The monoisotopic (exact) mass is 262 g/mol. The predicted molar refractivity (Wildman–Crippen MR) is 48.5 cm³/mol. The molecule has 0 saturated heterocycles. The summed E-state index contributed by atoms with van der Waals surface area (Å²) in [6.07, 6.45) is -0.703. The Morgan fingerprint density at radius 1 is 1.29 bits per heavy atom. The highest BCUT2D eigenvalue weighted by Crippen LogP contribution is 2.26. The number of halogens is 3. The summed E-state index contributed by atoms with van der Waals surface area (Å²) in [5.41, 5.74) is 0. The zero-order valence-electron chi connectivity index (χ0n) is 6.63.